The van der Waals surface area contributed by atoms with E-state index in [1.54, 1.807) is 23.3 Å². The van der Waals surface area contributed by atoms with Crippen LogP contribution >= 0.6 is 11.3 Å². The van der Waals surface area contributed by atoms with Gasteiger partial charge >= 0.3 is 0 Å². The number of benzene rings is 2. The van der Waals surface area contributed by atoms with E-state index in [-0.39, 0.29) is 5.91 Å². The van der Waals surface area contributed by atoms with E-state index in [1.807, 2.05) is 66.9 Å². The summed E-state index contributed by atoms with van der Waals surface area (Å²) in [5.41, 5.74) is 2.68. The fourth-order valence-electron chi connectivity index (χ4n) is 2.75. The highest BCUT2D eigenvalue weighted by Gasteiger charge is 2.17. The van der Waals surface area contributed by atoms with Crippen LogP contribution in [0, 0.1) is 6.92 Å². The molecule has 6 heteroatoms. The number of aromatic nitrogens is 1. The summed E-state index contributed by atoms with van der Waals surface area (Å²) in [6, 6.07) is 17.2. The lowest BCUT2D eigenvalue weighted by atomic mass is 10.2. The minimum Gasteiger partial charge on any atom is -0.486 e. The van der Waals surface area contributed by atoms with E-state index >= 15 is 0 Å². The Morgan fingerprint density at radius 1 is 1.14 bits per heavy atom. The number of hydrogen-bond donors (Lipinski definition) is 0. The van der Waals surface area contributed by atoms with Gasteiger partial charge in [-0.05, 0) is 36.8 Å². The van der Waals surface area contributed by atoms with E-state index in [4.69, 9.17) is 9.47 Å². The Hall–Kier alpha value is -2.70. The normalized spacial score (nSPS) is 10.6. The molecule has 28 heavy (non-hydrogen) atoms. The lowest BCUT2D eigenvalue weighted by molar-refractivity contribution is 0.0678. The number of aryl methyl sites for hydroxylation is 1. The molecular formula is C22H24N2O3S. The van der Waals surface area contributed by atoms with Crippen molar-refractivity contribution in [3.8, 4) is 5.75 Å². The Bertz CT molecular complexity index is 896. The van der Waals surface area contributed by atoms with E-state index in [9.17, 15) is 4.79 Å². The van der Waals surface area contributed by atoms with Crippen LogP contribution in [0.3, 0.4) is 0 Å². The molecule has 0 unspecified atom stereocenters. The smallest absolute Gasteiger partial charge is 0.254 e. The average Bonchev–Trinajstić information content (AvgIpc) is 3.17. The van der Waals surface area contributed by atoms with Crippen LogP contribution in [0.4, 0.5) is 0 Å². The van der Waals surface area contributed by atoms with Gasteiger partial charge in [0.25, 0.3) is 5.91 Å². The molecule has 0 bridgehead atoms. The molecule has 2 aromatic carbocycles. The van der Waals surface area contributed by atoms with Gasteiger partial charge in [0.15, 0.2) is 0 Å². The Morgan fingerprint density at radius 3 is 2.71 bits per heavy atom. The standard InChI is InChI=1S/C22H24N2O3S/c1-17-7-6-10-20(13-17)27-15-21-23-19(16-28-21)14-24(11-12-26-2)22(25)18-8-4-3-5-9-18/h3-10,13,16H,11-12,14-15H2,1-2H3. The van der Waals surface area contributed by atoms with Gasteiger partial charge in [0.2, 0.25) is 0 Å². The van der Waals surface area contributed by atoms with Gasteiger partial charge in [-0.3, -0.25) is 4.79 Å². The molecule has 1 amide bonds. The minimum absolute atomic E-state index is 0.0248. The van der Waals surface area contributed by atoms with Crippen molar-refractivity contribution >= 4 is 17.2 Å². The van der Waals surface area contributed by atoms with Crippen molar-refractivity contribution in [2.75, 3.05) is 20.3 Å². The molecule has 1 aromatic heterocycles. The van der Waals surface area contributed by atoms with E-state index < -0.39 is 0 Å². The van der Waals surface area contributed by atoms with Gasteiger partial charge in [-0.15, -0.1) is 11.3 Å². The Kier molecular flexibility index (Phi) is 7.17. The molecule has 0 aliphatic rings. The molecule has 0 radical (unpaired) electrons. The summed E-state index contributed by atoms with van der Waals surface area (Å²) in [7, 11) is 1.63. The third-order valence-corrected chi connectivity index (χ3v) is 5.05. The molecule has 0 N–H and O–H groups in total. The fraction of sp³-hybridized carbons (Fsp3) is 0.273. The number of carbonyl (C=O) groups excluding carboxylic acids is 1. The molecule has 0 saturated heterocycles. The summed E-state index contributed by atoms with van der Waals surface area (Å²) in [6.07, 6.45) is 0. The number of nitrogens with zero attached hydrogens (tertiary/aromatic N) is 2. The van der Waals surface area contributed by atoms with Crippen molar-refractivity contribution in [2.45, 2.75) is 20.1 Å². The van der Waals surface area contributed by atoms with Gasteiger partial charge in [-0.1, -0.05) is 30.3 Å². The SMILES string of the molecule is COCCN(Cc1csc(COc2cccc(C)c2)n1)C(=O)c1ccccc1. The molecule has 3 rings (SSSR count). The Labute approximate surface area is 169 Å². The quantitative estimate of drug-likeness (QED) is 0.541. The molecule has 0 saturated carbocycles. The summed E-state index contributed by atoms with van der Waals surface area (Å²) in [4.78, 5) is 19.2. The highest BCUT2D eigenvalue weighted by Crippen LogP contribution is 2.18. The molecular weight excluding hydrogens is 372 g/mol. The number of methoxy groups -OCH3 is 1. The van der Waals surface area contributed by atoms with Crippen molar-refractivity contribution < 1.29 is 14.3 Å². The van der Waals surface area contributed by atoms with Crippen molar-refractivity contribution in [3.05, 3.63) is 81.8 Å². The summed E-state index contributed by atoms with van der Waals surface area (Å²) < 4.78 is 11.0. The van der Waals surface area contributed by atoms with Crippen LogP contribution in [-0.4, -0.2) is 36.1 Å². The summed E-state index contributed by atoms with van der Waals surface area (Å²) in [5.74, 6) is 0.806. The molecule has 1 heterocycles. The highest BCUT2D eigenvalue weighted by atomic mass is 32.1. The van der Waals surface area contributed by atoms with Gasteiger partial charge in [0, 0.05) is 24.6 Å². The molecule has 0 aliphatic heterocycles. The maximum atomic E-state index is 12.8. The predicted molar refractivity (Wildman–Crippen MR) is 111 cm³/mol. The van der Waals surface area contributed by atoms with Crippen LogP contribution in [0.15, 0.2) is 60.0 Å². The van der Waals surface area contributed by atoms with Gasteiger partial charge < -0.3 is 14.4 Å². The third kappa shape index (κ3) is 5.65. The van der Waals surface area contributed by atoms with Crippen LogP contribution in [-0.2, 0) is 17.9 Å². The van der Waals surface area contributed by atoms with Gasteiger partial charge in [-0.25, -0.2) is 4.98 Å². The van der Waals surface area contributed by atoms with E-state index in [0.29, 0.717) is 31.9 Å². The molecule has 5 nitrogen and oxygen atoms in total. The lowest BCUT2D eigenvalue weighted by Gasteiger charge is -2.21. The van der Waals surface area contributed by atoms with Crippen LogP contribution < -0.4 is 4.74 Å². The minimum atomic E-state index is -0.0248. The number of carbonyl (C=O) groups is 1. The van der Waals surface area contributed by atoms with Crippen LogP contribution in [0.1, 0.15) is 26.6 Å². The predicted octanol–water partition coefficient (Wildman–Crippen LogP) is 4.32. The number of rotatable bonds is 9. The average molecular weight is 397 g/mol. The van der Waals surface area contributed by atoms with Gasteiger partial charge in [0.1, 0.15) is 17.4 Å². The maximum Gasteiger partial charge on any atom is 0.254 e. The number of hydrogen-bond acceptors (Lipinski definition) is 5. The number of thiazole rings is 1. The summed E-state index contributed by atoms with van der Waals surface area (Å²) in [6.45, 7) is 3.88. The van der Waals surface area contributed by atoms with Crippen molar-refractivity contribution in [1.29, 1.82) is 0 Å². The monoisotopic (exact) mass is 396 g/mol. The zero-order valence-corrected chi connectivity index (χ0v) is 16.9. The van der Waals surface area contributed by atoms with E-state index in [1.165, 1.54) is 0 Å². The molecule has 0 atom stereocenters. The molecule has 0 spiro atoms. The first-order valence-corrected chi connectivity index (χ1v) is 9.99. The topological polar surface area (TPSA) is 51.7 Å². The second-order valence-corrected chi connectivity index (χ2v) is 7.37. The van der Waals surface area contributed by atoms with Crippen molar-refractivity contribution in [1.82, 2.24) is 9.88 Å². The molecule has 146 valence electrons. The van der Waals surface area contributed by atoms with Crippen LogP contribution in [0.2, 0.25) is 0 Å². The zero-order valence-electron chi connectivity index (χ0n) is 16.1. The Balaban J connectivity index is 1.63. The first-order chi connectivity index (χ1) is 13.7. The van der Waals surface area contributed by atoms with Crippen molar-refractivity contribution in [2.24, 2.45) is 0 Å². The summed E-state index contributed by atoms with van der Waals surface area (Å²) in [5, 5.41) is 2.86. The maximum absolute atomic E-state index is 12.8. The zero-order chi connectivity index (χ0) is 19.8. The van der Waals surface area contributed by atoms with Gasteiger partial charge in [-0.2, -0.15) is 0 Å². The van der Waals surface area contributed by atoms with Gasteiger partial charge in [0.05, 0.1) is 18.8 Å². The third-order valence-electron chi connectivity index (χ3n) is 4.18. The molecule has 0 aliphatic carbocycles. The second-order valence-electron chi connectivity index (χ2n) is 6.42. The van der Waals surface area contributed by atoms with E-state index in [0.717, 1.165) is 22.0 Å². The first kappa shape index (κ1) is 20.0. The fourth-order valence-corrected chi connectivity index (χ4v) is 3.45. The van der Waals surface area contributed by atoms with Crippen LogP contribution in [0.25, 0.3) is 0 Å². The number of ether oxygens (including phenoxy) is 2. The molecule has 3 aromatic rings. The second kappa shape index (κ2) is 10.0. The Morgan fingerprint density at radius 2 is 1.96 bits per heavy atom. The molecule has 0 fully saturated rings. The largest absolute Gasteiger partial charge is 0.486 e. The highest BCUT2D eigenvalue weighted by molar-refractivity contribution is 7.09. The summed E-state index contributed by atoms with van der Waals surface area (Å²) >= 11 is 1.54. The van der Waals surface area contributed by atoms with Crippen molar-refractivity contribution in [3.63, 3.8) is 0 Å². The van der Waals surface area contributed by atoms with E-state index in [2.05, 4.69) is 4.98 Å². The lowest BCUT2D eigenvalue weighted by Crippen LogP contribution is -2.33. The first-order valence-electron chi connectivity index (χ1n) is 9.11. The van der Waals surface area contributed by atoms with Crippen LogP contribution in [0.5, 0.6) is 5.75 Å². The number of amides is 1.